The zero-order valence-electron chi connectivity index (χ0n) is 17.7. The third kappa shape index (κ3) is 2.44. The van der Waals surface area contributed by atoms with Crippen LogP contribution in [-0.2, 0) is 11.3 Å². The number of nitrogens with zero attached hydrogens (tertiary/aromatic N) is 4. The minimum absolute atomic E-state index is 0.147. The third-order valence-electron chi connectivity index (χ3n) is 10.6. The van der Waals surface area contributed by atoms with Crippen LogP contribution in [0.5, 0.6) is 0 Å². The summed E-state index contributed by atoms with van der Waals surface area (Å²) in [6.45, 7) is 4.95. The van der Waals surface area contributed by atoms with E-state index < -0.39 is 0 Å². The summed E-state index contributed by atoms with van der Waals surface area (Å²) >= 11 is 0. The second-order valence-electron chi connectivity index (χ2n) is 11.3. The SMILES string of the molecule is CC1C2[C@@H]3CC[C@@H]4[C@H](CC[C@]5(C)[C@@H](C(=O)Cn6ncnn6)CC[C@@H]45)[C@H]3CC[C@]12O. The zero-order chi connectivity index (χ0) is 20.0. The molecule has 0 bridgehead atoms. The standard InChI is InChI=1S/C23H34N4O2/c1-13-21-17-4-3-16-14(15(17)8-10-23(13,21)29)7-9-22(2)18(16)5-6-19(22)20(28)11-27-25-12-24-26-27/h12-19,21,29H,3-11H2,1-2H3/t13?,14-,15-,16-,17-,18+,19-,21?,22+,23+/m1/s1. The Labute approximate surface area is 172 Å². The van der Waals surface area contributed by atoms with Gasteiger partial charge in [-0.3, -0.25) is 4.79 Å². The smallest absolute Gasteiger partial charge is 0.162 e. The van der Waals surface area contributed by atoms with Gasteiger partial charge in [0.25, 0.3) is 0 Å². The molecule has 2 unspecified atom stereocenters. The van der Waals surface area contributed by atoms with E-state index in [-0.39, 0.29) is 23.5 Å². The van der Waals surface area contributed by atoms with Crippen molar-refractivity contribution in [1.82, 2.24) is 20.2 Å². The second-order valence-corrected chi connectivity index (χ2v) is 11.3. The summed E-state index contributed by atoms with van der Waals surface area (Å²) in [5.41, 5.74) is -0.175. The molecule has 6 rings (SSSR count). The van der Waals surface area contributed by atoms with Crippen molar-refractivity contribution < 1.29 is 9.90 Å². The molecule has 6 heteroatoms. The maximum Gasteiger partial charge on any atom is 0.162 e. The molecule has 10 atom stereocenters. The first kappa shape index (κ1) is 18.5. The molecule has 5 fully saturated rings. The topological polar surface area (TPSA) is 80.9 Å². The summed E-state index contributed by atoms with van der Waals surface area (Å²) in [5.74, 6) is 5.43. The molecule has 1 heterocycles. The zero-order valence-corrected chi connectivity index (χ0v) is 17.7. The van der Waals surface area contributed by atoms with Crippen molar-refractivity contribution >= 4 is 5.78 Å². The summed E-state index contributed by atoms with van der Waals surface area (Å²) < 4.78 is 0. The van der Waals surface area contributed by atoms with Crippen LogP contribution in [0.2, 0.25) is 0 Å². The van der Waals surface area contributed by atoms with Crippen LogP contribution in [0, 0.1) is 52.8 Å². The van der Waals surface area contributed by atoms with Gasteiger partial charge in [-0.05, 0) is 103 Å². The van der Waals surface area contributed by atoms with Crippen LogP contribution in [0.25, 0.3) is 0 Å². The van der Waals surface area contributed by atoms with Gasteiger partial charge in [-0.15, -0.1) is 10.2 Å². The summed E-state index contributed by atoms with van der Waals surface area (Å²) in [6.07, 6.45) is 11.0. The normalized spacial score (nSPS) is 52.8. The highest BCUT2D eigenvalue weighted by molar-refractivity contribution is 5.81. The number of aliphatic hydroxyl groups is 1. The van der Waals surface area contributed by atoms with Crippen molar-refractivity contribution in [3.8, 4) is 0 Å². The maximum absolute atomic E-state index is 13.1. The Morgan fingerprint density at radius 2 is 1.83 bits per heavy atom. The van der Waals surface area contributed by atoms with E-state index in [0.717, 1.165) is 36.5 Å². The Bertz CT molecular complexity index is 812. The Balaban J connectivity index is 1.21. The molecule has 29 heavy (non-hydrogen) atoms. The first-order chi connectivity index (χ1) is 13.9. The molecular formula is C23H34N4O2. The van der Waals surface area contributed by atoms with Crippen molar-refractivity contribution in [3.63, 3.8) is 0 Å². The highest BCUT2D eigenvalue weighted by atomic mass is 16.3. The van der Waals surface area contributed by atoms with Gasteiger partial charge < -0.3 is 5.11 Å². The molecule has 0 aromatic carbocycles. The molecular weight excluding hydrogens is 364 g/mol. The van der Waals surface area contributed by atoms with E-state index in [1.165, 1.54) is 49.6 Å². The van der Waals surface area contributed by atoms with Crippen LogP contribution in [0.3, 0.4) is 0 Å². The summed E-state index contributed by atoms with van der Waals surface area (Å²) in [5, 5.41) is 22.6. The Morgan fingerprint density at radius 1 is 1.07 bits per heavy atom. The van der Waals surface area contributed by atoms with Crippen molar-refractivity contribution in [2.75, 3.05) is 0 Å². The van der Waals surface area contributed by atoms with Crippen LogP contribution < -0.4 is 0 Å². The van der Waals surface area contributed by atoms with E-state index in [9.17, 15) is 9.90 Å². The summed E-state index contributed by atoms with van der Waals surface area (Å²) in [4.78, 5) is 14.6. The molecule has 0 saturated heterocycles. The number of tetrazole rings is 1. The van der Waals surface area contributed by atoms with Gasteiger partial charge in [-0.25, -0.2) is 0 Å². The fourth-order valence-electron chi connectivity index (χ4n) is 9.28. The summed E-state index contributed by atoms with van der Waals surface area (Å²) in [6, 6.07) is 0. The Kier molecular flexibility index (Phi) is 3.89. The number of aromatic nitrogens is 4. The molecule has 6 nitrogen and oxygen atoms in total. The summed E-state index contributed by atoms with van der Waals surface area (Å²) in [7, 11) is 0. The fourth-order valence-corrected chi connectivity index (χ4v) is 9.28. The third-order valence-corrected chi connectivity index (χ3v) is 10.6. The quantitative estimate of drug-likeness (QED) is 0.846. The predicted octanol–water partition coefficient (Wildman–Crippen LogP) is 3.12. The van der Waals surface area contributed by atoms with Crippen LogP contribution in [0.1, 0.15) is 65.2 Å². The number of Topliss-reactive ketones (excluding diaryl/α,β-unsaturated/α-hetero) is 1. The molecule has 0 amide bonds. The number of ketones is 1. The lowest BCUT2D eigenvalue weighted by molar-refractivity contribution is -0.132. The molecule has 1 N–H and O–H groups in total. The largest absolute Gasteiger partial charge is 0.389 e. The molecule has 158 valence electrons. The van der Waals surface area contributed by atoms with Crippen molar-refractivity contribution in [2.24, 2.45) is 52.8 Å². The number of carbonyl (C=O) groups is 1. The second kappa shape index (κ2) is 6.12. The molecule has 5 aliphatic carbocycles. The van der Waals surface area contributed by atoms with E-state index in [1.54, 1.807) is 0 Å². The van der Waals surface area contributed by atoms with Gasteiger partial charge in [0.15, 0.2) is 12.1 Å². The lowest BCUT2D eigenvalue weighted by atomic mass is 9.49. The van der Waals surface area contributed by atoms with E-state index in [0.29, 0.717) is 23.5 Å². The molecule has 5 saturated carbocycles. The van der Waals surface area contributed by atoms with Crippen molar-refractivity contribution in [1.29, 1.82) is 0 Å². The van der Waals surface area contributed by atoms with E-state index >= 15 is 0 Å². The van der Waals surface area contributed by atoms with Gasteiger partial charge in [-0.1, -0.05) is 13.8 Å². The first-order valence-electron chi connectivity index (χ1n) is 11.9. The van der Waals surface area contributed by atoms with E-state index in [1.807, 2.05) is 0 Å². The molecule has 5 aliphatic rings. The van der Waals surface area contributed by atoms with Crippen LogP contribution in [0.4, 0.5) is 0 Å². The number of carbonyl (C=O) groups excluding carboxylic acids is 1. The predicted molar refractivity (Wildman–Crippen MR) is 106 cm³/mol. The van der Waals surface area contributed by atoms with E-state index in [2.05, 4.69) is 29.3 Å². The lowest BCUT2D eigenvalue weighted by Gasteiger charge is -2.56. The molecule has 0 spiro atoms. The number of hydrogen-bond acceptors (Lipinski definition) is 5. The highest BCUT2D eigenvalue weighted by Gasteiger charge is 2.69. The van der Waals surface area contributed by atoms with Crippen molar-refractivity contribution in [2.45, 2.75) is 77.4 Å². The van der Waals surface area contributed by atoms with Gasteiger partial charge in [-0.2, -0.15) is 4.80 Å². The molecule has 1 aromatic heterocycles. The average molecular weight is 399 g/mol. The van der Waals surface area contributed by atoms with Crippen molar-refractivity contribution in [3.05, 3.63) is 6.33 Å². The number of hydrogen-bond donors (Lipinski definition) is 1. The highest BCUT2D eigenvalue weighted by Crippen LogP contribution is 2.70. The molecule has 0 radical (unpaired) electrons. The first-order valence-corrected chi connectivity index (χ1v) is 11.9. The van der Waals surface area contributed by atoms with Gasteiger partial charge in [0.05, 0.1) is 5.60 Å². The molecule has 1 aromatic rings. The minimum Gasteiger partial charge on any atom is -0.389 e. The lowest BCUT2D eigenvalue weighted by Crippen LogP contribution is -2.50. The Morgan fingerprint density at radius 3 is 2.62 bits per heavy atom. The fraction of sp³-hybridized carbons (Fsp3) is 0.913. The monoisotopic (exact) mass is 398 g/mol. The van der Waals surface area contributed by atoms with Gasteiger partial charge in [0, 0.05) is 5.92 Å². The molecule has 0 aliphatic heterocycles. The Hall–Kier alpha value is -1.30. The van der Waals surface area contributed by atoms with Gasteiger partial charge in [0.2, 0.25) is 0 Å². The van der Waals surface area contributed by atoms with Crippen LogP contribution in [-0.4, -0.2) is 36.7 Å². The van der Waals surface area contributed by atoms with Crippen LogP contribution >= 0.6 is 0 Å². The average Bonchev–Trinajstić information content (AvgIpc) is 3.08. The number of rotatable bonds is 3. The minimum atomic E-state index is -0.322. The number of fused-ring (bicyclic) bond motifs is 7. The van der Waals surface area contributed by atoms with Crippen LogP contribution in [0.15, 0.2) is 6.33 Å². The van der Waals surface area contributed by atoms with Gasteiger partial charge >= 0.3 is 0 Å². The maximum atomic E-state index is 13.1. The van der Waals surface area contributed by atoms with E-state index in [4.69, 9.17) is 0 Å². The van der Waals surface area contributed by atoms with Gasteiger partial charge in [0.1, 0.15) is 6.54 Å².